The van der Waals surface area contributed by atoms with Crippen molar-refractivity contribution in [3.63, 3.8) is 0 Å². The van der Waals surface area contributed by atoms with E-state index in [1.165, 1.54) is 25.7 Å². The van der Waals surface area contributed by atoms with Crippen molar-refractivity contribution in [2.45, 2.75) is 44.7 Å². The van der Waals surface area contributed by atoms with E-state index in [9.17, 15) is 4.79 Å². The first-order valence-electron chi connectivity index (χ1n) is 7.34. The first kappa shape index (κ1) is 12.7. The van der Waals surface area contributed by atoms with E-state index in [0.717, 1.165) is 11.6 Å². The lowest BCUT2D eigenvalue weighted by Crippen LogP contribution is -2.42. The topological polar surface area (TPSA) is 32.3 Å². The molecule has 3 rings (SSSR count). The van der Waals surface area contributed by atoms with E-state index in [1.54, 1.807) is 0 Å². The lowest BCUT2D eigenvalue weighted by molar-refractivity contribution is -0.118. The third-order valence-electron chi connectivity index (χ3n) is 4.23. The van der Waals surface area contributed by atoms with E-state index in [4.69, 9.17) is 0 Å². The van der Waals surface area contributed by atoms with Crippen LogP contribution in [0.1, 0.15) is 32.6 Å². The molecule has 1 aromatic carbocycles. The fraction of sp³-hybridized carbons (Fsp3) is 0.562. The van der Waals surface area contributed by atoms with Gasteiger partial charge in [-0.15, -0.1) is 0 Å². The second kappa shape index (κ2) is 5.33. The molecule has 0 spiro atoms. The van der Waals surface area contributed by atoms with Gasteiger partial charge in [0.1, 0.15) is 0 Å². The summed E-state index contributed by atoms with van der Waals surface area (Å²) in [6.07, 6.45) is 5.20. The number of hydrogen-bond acceptors (Lipinski definition) is 2. The molecule has 2 saturated carbocycles. The molecule has 1 amide bonds. The van der Waals surface area contributed by atoms with Crippen molar-refractivity contribution in [1.29, 1.82) is 0 Å². The number of carbonyl (C=O) groups is 1. The lowest BCUT2D eigenvalue weighted by Gasteiger charge is -2.28. The Bertz CT molecular complexity index is 437. The summed E-state index contributed by atoms with van der Waals surface area (Å²) in [4.78, 5) is 14.6. The minimum absolute atomic E-state index is 0.116. The minimum Gasteiger partial charge on any atom is -0.325 e. The van der Waals surface area contributed by atoms with E-state index in [-0.39, 0.29) is 5.91 Å². The van der Waals surface area contributed by atoms with Crippen molar-refractivity contribution in [2.24, 2.45) is 5.92 Å². The molecule has 3 nitrogen and oxygen atoms in total. The fourth-order valence-electron chi connectivity index (χ4n) is 2.75. The third kappa shape index (κ3) is 3.35. The highest BCUT2D eigenvalue weighted by atomic mass is 16.2. The molecule has 1 atom stereocenters. The average molecular weight is 258 g/mol. The van der Waals surface area contributed by atoms with Gasteiger partial charge < -0.3 is 5.32 Å². The van der Waals surface area contributed by atoms with Crippen molar-refractivity contribution < 1.29 is 4.79 Å². The van der Waals surface area contributed by atoms with E-state index in [2.05, 4.69) is 17.1 Å². The van der Waals surface area contributed by atoms with Crippen LogP contribution in [0.25, 0.3) is 0 Å². The molecule has 102 valence electrons. The average Bonchev–Trinajstić information content (AvgIpc) is 3.30. The van der Waals surface area contributed by atoms with Crippen LogP contribution in [-0.4, -0.2) is 29.4 Å². The van der Waals surface area contributed by atoms with Crippen molar-refractivity contribution >= 4 is 11.6 Å². The standard InChI is InChI=1S/C16H22N2O/c1-12(13-7-8-13)18(15-9-10-15)11-16(19)17-14-5-3-2-4-6-14/h2-6,12-13,15H,7-11H2,1H3,(H,17,19). The second-order valence-corrected chi connectivity index (χ2v) is 5.90. The fourth-order valence-corrected chi connectivity index (χ4v) is 2.75. The number of anilines is 1. The number of nitrogens with zero attached hydrogens (tertiary/aromatic N) is 1. The minimum atomic E-state index is 0.116. The highest BCUT2D eigenvalue weighted by Gasteiger charge is 2.39. The van der Waals surface area contributed by atoms with Gasteiger partial charge in [-0.1, -0.05) is 18.2 Å². The Balaban J connectivity index is 1.57. The highest BCUT2D eigenvalue weighted by molar-refractivity contribution is 5.92. The van der Waals surface area contributed by atoms with Crippen LogP contribution in [0.5, 0.6) is 0 Å². The summed E-state index contributed by atoms with van der Waals surface area (Å²) in [5.74, 6) is 0.940. The van der Waals surface area contributed by atoms with Crippen LogP contribution in [0.2, 0.25) is 0 Å². The molecular formula is C16H22N2O. The Labute approximate surface area is 115 Å². The van der Waals surface area contributed by atoms with Crippen molar-refractivity contribution in [2.75, 3.05) is 11.9 Å². The molecule has 0 heterocycles. The van der Waals surface area contributed by atoms with Gasteiger partial charge >= 0.3 is 0 Å². The number of benzene rings is 1. The molecule has 1 N–H and O–H groups in total. The summed E-state index contributed by atoms with van der Waals surface area (Å²) in [5.41, 5.74) is 0.891. The van der Waals surface area contributed by atoms with Crippen LogP contribution < -0.4 is 5.32 Å². The Morgan fingerprint density at radius 3 is 2.53 bits per heavy atom. The molecule has 1 unspecified atom stereocenters. The molecular weight excluding hydrogens is 236 g/mol. The molecule has 2 fully saturated rings. The zero-order chi connectivity index (χ0) is 13.2. The Hall–Kier alpha value is -1.35. The second-order valence-electron chi connectivity index (χ2n) is 5.90. The highest BCUT2D eigenvalue weighted by Crippen LogP contribution is 2.39. The van der Waals surface area contributed by atoms with Crippen LogP contribution in [0, 0.1) is 5.92 Å². The first-order chi connectivity index (χ1) is 9.24. The number of carbonyl (C=O) groups excluding carboxylic acids is 1. The molecule has 0 radical (unpaired) electrons. The predicted molar refractivity (Wildman–Crippen MR) is 77.0 cm³/mol. The number of nitrogens with one attached hydrogen (secondary N) is 1. The van der Waals surface area contributed by atoms with Gasteiger partial charge in [0, 0.05) is 17.8 Å². The van der Waals surface area contributed by atoms with E-state index < -0.39 is 0 Å². The van der Waals surface area contributed by atoms with Gasteiger partial charge in [-0.2, -0.15) is 0 Å². The van der Waals surface area contributed by atoms with Crippen molar-refractivity contribution in [1.82, 2.24) is 4.90 Å². The van der Waals surface area contributed by atoms with E-state index in [1.807, 2.05) is 30.3 Å². The summed E-state index contributed by atoms with van der Waals surface area (Å²) >= 11 is 0. The normalized spacial score (nSPS) is 20.3. The van der Waals surface area contributed by atoms with Crippen LogP contribution in [0.15, 0.2) is 30.3 Å². The van der Waals surface area contributed by atoms with Gasteiger partial charge in [0.15, 0.2) is 0 Å². The SMILES string of the molecule is CC(C1CC1)N(CC(=O)Nc1ccccc1)C1CC1. The number of rotatable bonds is 6. The van der Waals surface area contributed by atoms with Crippen LogP contribution in [-0.2, 0) is 4.79 Å². The maximum absolute atomic E-state index is 12.1. The molecule has 0 aromatic heterocycles. The third-order valence-corrected chi connectivity index (χ3v) is 4.23. The first-order valence-corrected chi connectivity index (χ1v) is 7.34. The maximum Gasteiger partial charge on any atom is 0.238 e. The van der Waals surface area contributed by atoms with Gasteiger partial charge in [-0.25, -0.2) is 0 Å². The zero-order valence-corrected chi connectivity index (χ0v) is 11.5. The Morgan fingerprint density at radius 2 is 1.95 bits per heavy atom. The quantitative estimate of drug-likeness (QED) is 0.851. The van der Waals surface area contributed by atoms with Gasteiger partial charge in [0.2, 0.25) is 5.91 Å². The molecule has 0 aliphatic heterocycles. The molecule has 2 aliphatic carbocycles. The van der Waals surface area contributed by atoms with Crippen LogP contribution >= 0.6 is 0 Å². The van der Waals surface area contributed by atoms with E-state index in [0.29, 0.717) is 18.6 Å². The molecule has 2 aliphatic rings. The largest absolute Gasteiger partial charge is 0.325 e. The summed E-state index contributed by atoms with van der Waals surface area (Å²) in [7, 11) is 0. The smallest absolute Gasteiger partial charge is 0.238 e. The van der Waals surface area contributed by atoms with Crippen LogP contribution in [0.4, 0.5) is 5.69 Å². The van der Waals surface area contributed by atoms with Gasteiger partial charge in [0.25, 0.3) is 0 Å². The maximum atomic E-state index is 12.1. The number of amides is 1. The lowest BCUT2D eigenvalue weighted by atomic mass is 10.1. The Morgan fingerprint density at radius 1 is 1.26 bits per heavy atom. The van der Waals surface area contributed by atoms with Crippen molar-refractivity contribution in [3.8, 4) is 0 Å². The summed E-state index contributed by atoms with van der Waals surface area (Å²) < 4.78 is 0. The van der Waals surface area contributed by atoms with Gasteiger partial charge in [0.05, 0.1) is 6.54 Å². The van der Waals surface area contributed by atoms with Gasteiger partial charge in [-0.3, -0.25) is 9.69 Å². The molecule has 0 bridgehead atoms. The number of hydrogen-bond donors (Lipinski definition) is 1. The number of para-hydroxylation sites is 1. The van der Waals surface area contributed by atoms with Gasteiger partial charge in [-0.05, 0) is 50.7 Å². The zero-order valence-electron chi connectivity index (χ0n) is 11.5. The predicted octanol–water partition coefficient (Wildman–Crippen LogP) is 2.89. The summed E-state index contributed by atoms with van der Waals surface area (Å²) in [6, 6.07) is 10.9. The monoisotopic (exact) mass is 258 g/mol. The van der Waals surface area contributed by atoms with Crippen LogP contribution in [0.3, 0.4) is 0 Å². The summed E-state index contributed by atoms with van der Waals surface area (Å²) in [6.45, 7) is 2.82. The van der Waals surface area contributed by atoms with Crippen molar-refractivity contribution in [3.05, 3.63) is 30.3 Å². The molecule has 1 aromatic rings. The molecule has 3 heteroatoms. The molecule has 19 heavy (non-hydrogen) atoms. The van der Waals surface area contributed by atoms with E-state index >= 15 is 0 Å². The summed E-state index contributed by atoms with van der Waals surface area (Å²) in [5, 5.41) is 2.99. The Kier molecular flexibility index (Phi) is 3.56. The molecule has 0 saturated heterocycles.